The number of halogens is 1. The van der Waals surface area contributed by atoms with Crippen molar-refractivity contribution < 1.29 is 13.7 Å². The molecule has 2 saturated heterocycles. The van der Waals surface area contributed by atoms with Gasteiger partial charge in [0.2, 0.25) is 0 Å². The summed E-state index contributed by atoms with van der Waals surface area (Å²) < 4.78 is 11.0. The highest BCUT2D eigenvalue weighted by atomic mass is 35.5. The lowest BCUT2D eigenvalue weighted by molar-refractivity contribution is 0.0683. The SMILES string of the molecule is CCCc1noc2nc(-c3ccco3)cc(C(=O)N(C)C3CC4CCC(C3)N4)c12.Cl. The van der Waals surface area contributed by atoms with Crippen LogP contribution in [-0.4, -0.2) is 46.1 Å². The number of hydrogen-bond donors (Lipinski definition) is 1. The van der Waals surface area contributed by atoms with Crippen LogP contribution in [0, 0.1) is 0 Å². The molecule has 2 aliphatic rings. The van der Waals surface area contributed by atoms with Crippen LogP contribution in [0.2, 0.25) is 0 Å². The van der Waals surface area contributed by atoms with Gasteiger partial charge in [-0.25, -0.2) is 4.98 Å². The Labute approximate surface area is 181 Å². The van der Waals surface area contributed by atoms with E-state index in [1.54, 1.807) is 6.26 Å². The zero-order valence-corrected chi connectivity index (χ0v) is 18.1. The maximum absolute atomic E-state index is 13.6. The molecule has 0 aliphatic carbocycles. The first-order valence-corrected chi connectivity index (χ1v) is 10.5. The smallest absolute Gasteiger partial charge is 0.259 e. The highest BCUT2D eigenvalue weighted by Gasteiger charge is 2.37. The number of nitrogens with one attached hydrogen (secondary N) is 1. The van der Waals surface area contributed by atoms with Crippen LogP contribution < -0.4 is 5.32 Å². The quantitative estimate of drug-likeness (QED) is 0.652. The number of furan rings is 1. The Kier molecular flexibility index (Phi) is 5.84. The van der Waals surface area contributed by atoms with Crippen molar-refractivity contribution in [2.45, 2.75) is 63.6 Å². The van der Waals surface area contributed by atoms with Gasteiger partial charge in [-0.2, -0.15) is 0 Å². The molecule has 2 atom stereocenters. The van der Waals surface area contributed by atoms with E-state index in [0.717, 1.165) is 36.8 Å². The van der Waals surface area contributed by atoms with Crippen LogP contribution in [0.5, 0.6) is 0 Å². The molecule has 5 rings (SSSR count). The van der Waals surface area contributed by atoms with E-state index >= 15 is 0 Å². The van der Waals surface area contributed by atoms with Gasteiger partial charge in [-0.15, -0.1) is 12.4 Å². The first-order valence-electron chi connectivity index (χ1n) is 10.5. The van der Waals surface area contributed by atoms with E-state index in [2.05, 4.69) is 22.4 Å². The molecule has 2 aliphatic heterocycles. The van der Waals surface area contributed by atoms with Crippen molar-refractivity contribution in [2.75, 3.05) is 7.05 Å². The minimum absolute atomic E-state index is 0. The predicted molar refractivity (Wildman–Crippen MR) is 116 cm³/mol. The fraction of sp³-hybridized carbons (Fsp3) is 0.500. The summed E-state index contributed by atoms with van der Waals surface area (Å²) >= 11 is 0. The number of fused-ring (bicyclic) bond motifs is 3. The normalized spacial score (nSPS) is 22.8. The second-order valence-electron chi connectivity index (χ2n) is 8.27. The second kappa shape index (κ2) is 8.40. The Balaban J connectivity index is 0.00000218. The molecule has 1 amide bonds. The van der Waals surface area contributed by atoms with Gasteiger partial charge in [0, 0.05) is 25.2 Å². The molecule has 0 aromatic carbocycles. The van der Waals surface area contributed by atoms with Gasteiger partial charge in [-0.1, -0.05) is 18.5 Å². The molecular weight excluding hydrogens is 404 g/mol. The third-order valence-corrected chi connectivity index (χ3v) is 6.32. The fourth-order valence-corrected chi connectivity index (χ4v) is 4.84. The molecule has 2 fully saturated rings. The molecule has 2 unspecified atom stereocenters. The van der Waals surface area contributed by atoms with E-state index in [-0.39, 0.29) is 24.4 Å². The second-order valence-corrected chi connectivity index (χ2v) is 8.27. The molecule has 7 nitrogen and oxygen atoms in total. The highest BCUT2D eigenvalue weighted by Crippen LogP contribution is 2.32. The molecule has 3 aromatic heterocycles. The molecule has 5 heterocycles. The Morgan fingerprint density at radius 2 is 2.07 bits per heavy atom. The van der Waals surface area contributed by atoms with Crippen LogP contribution in [-0.2, 0) is 6.42 Å². The standard InChI is InChI=1S/C22H26N4O3.ClH/c1-3-5-17-20-16(12-18(19-6-4-9-28-19)24-21(20)29-25-17)22(27)26(2)15-10-13-7-8-14(11-15)23-13;/h4,6,9,12-15,23H,3,5,7-8,10-11H2,1-2H3;1H. The summed E-state index contributed by atoms with van der Waals surface area (Å²) in [5.74, 6) is 0.606. The van der Waals surface area contributed by atoms with Gasteiger partial charge in [0.05, 0.1) is 22.9 Å². The van der Waals surface area contributed by atoms with Crippen molar-refractivity contribution in [2.24, 2.45) is 0 Å². The topological polar surface area (TPSA) is 84.4 Å². The molecular formula is C22H27ClN4O3. The summed E-state index contributed by atoms with van der Waals surface area (Å²) in [5, 5.41) is 8.59. The van der Waals surface area contributed by atoms with Crippen molar-refractivity contribution in [1.82, 2.24) is 20.4 Å². The first kappa shape index (κ1) is 20.9. The maximum atomic E-state index is 13.6. The molecule has 30 heavy (non-hydrogen) atoms. The number of carbonyl (C=O) groups is 1. The third kappa shape index (κ3) is 3.61. The molecule has 0 spiro atoms. The predicted octanol–water partition coefficient (Wildman–Crippen LogP) is 4.21. The van der Waals surface area contributed by atoms with Crippen LogP contribution in [0.15, 0.2) is 33.4 Å². The summed E-state index contributed by atoms with van der Waals surface area (Å²) in [6.07, 6.45) is 7.68. The zero-order chi connectivity index (χ0) is 20.0. The van der Waals surface area contributed by atoms with Crippen molar-refractivity contribution in [3.05, 3.63) is 35.7 Å². The van der Waals surface area contributed by atoms with E-state index in [0.29, 0.717) is 34.8 Å². The Morgan fingerprint density at radius 3 is 2.73 bits per heavy atom. The van der Waals surface area contributed by atoms with Crippen LogP contribution >= 0.6 is 12.4 Å². The van der Waals surface area contributed by atoms with Gasteiger partial charge in [-0.05, 0) is 50.3 Å². The Morgan fingerprint density at radius 1 is 1.30 bits per heavy atom. The lowest BCUT2D eigenvalue weighted by Gasteiger charge is -2.35. The van der Waals surface area contributed by atoms with Crippen LogP contribution in [0.1, 0.15) is 55.1 Å². The fourth-order valence-electron chi connectivity index (χ4n) is 4.84. The van der Waals surface area contributed by atoms with Crippen LogP contribution in [0.3, 0.4) is 0 Å². The Hall–Kier alpha value is -2.38. The van der Waals surface area contributed by atoms with Crippen molar-refractivity contribution >= 4 is 29.4 Å². The van der Waals surface area contributed by atoms with E-state index in [4.69, 9.17) is 8.94 Å². The number of hydrogen-bond acceptors (Lipinski definition) is 6. The summed E-state index contributed by atoms with van der Waals surface area (Å²) in [7, 11) is 1.92. The van der Waals surface area contributed by atoms with Gasteiger partial charge >= 0.3 is 0 Å². The zero-order valence-electron chi connectivity index (χ0n) is 17.3. The van der Waals surface area contributed by atoms with Gasteiger partial charge in [-0.3, -0.25) is 4.79 Å². The van der Waals surface area contributed by atoms with E-state index < -0.39 is 0 Å². The number of piperidine rings is 1. The lowest BCUT2D eigenvalue weighted by atomic mass is 9.97. The molecule has 160 valence electrons. The van der Waals surface area contributed by atoms with E-state index in [1.165, 1.54) is 12.8 Å². The van der Waals surface area contributed by atoms with Gasteiger partial charge in [0.25, 0.3) is 11.6 Å². The third-order valence-electron chi connectivity index (χ3n) is 6.32. The number of aryl methyl sites for hydroxylation is 1. The van der Waals surface area contributed by atoms with Gasteiger partial charge < -0.3 is 19.2 Å². The monoisotopic (exact) mass is 430 g/mol. The number of carbonyl (C=O) groups excluding carboxylic acids is 1. The number of rotatable bonds is 5. The van der Waals surface area contributed by atoms with Gasteiger partial charge in [0.1, 0.15) is 5.69 Å². The summed E-state index contributed by atoms with van der Waals surface area (Å²) in [5.41, 5.74) is 2.37. The average Bonchev–Trinajstić information content (AvgIpc) is 3.47. The summed E-state index contributed by atoms with van der Waals surface area (Å²) in [6.45, 7) is 2.09. The molecule has 8 heteroatoms. The van der Waals surface area contributed by atoms with Crippen molar-refractivity contribution in [1.29, 1.82) is 0 Å². The minimum Gasteiger partial charge on any atom is -0.463 e. The maximum Gasteiger partial charge on any atom is 0.259 e. The summed E-state index contributed by atoms with van der Waals surface area (Å²) in [6, 6.07) is 6.76. The number of nitrogens with zero attached hydrogens (tertiary/aromatic N) is 3. The molecule has 0 radical (unpaired) electrons. The number of pyridine rings is 1. The molecule has 1 N–H and O–H groups in total. The number of aromatic nitrogens is 2. The largest absolute Gasteiger partial charge is 0.463 e. The molecule has 0 saturated carbocycles. The van der Waals surface area contributed by atoms with Gasteiger partial charge in [0.15, 0.2) is 5.76 Å². The van der Waals surface area contributed by atoms with Crippen molar-refractivity contribution in [3.63, 3.8) is 0 Å². The highest BCUT2D eigenvalue weighted by molar-refractivity contribution is 6.07. The average molecular weight is 431 g/mol. The Bertz CT molecular complexity index is 1020. The molecule has 3 aromatic rings. The first-order chi connectivity index (χ1) is 14.1. The lowest BCUT2D eigenvalue weighted by Crippen LogP contribution is -2.48. The minimum atomic E-state index is -0.00272. The van der Waals surface area contributed by atoms with E-state index in [1.807, 2.05) is 30.1 Å². The number of amides is 1. The summed E-state index contributed by atoms with van der Waals surface area (Å²) in [4.78, 5) is 20.1. The van der Waals surface area contributed by atoms with Crippen LogP contribution in [0.4, 0.5) is 0 Å². The van der Waals surface area contributed by atoms with Crippen LogP contribution in [0.25, 0.3) is 22.6 Å². The van der Waals surface area contributed by atoms with Crippen molar-refractivity contribution in [3.8, 4) is 11.5 Å². The molecule has 2 bridgehead atoms. The van der Waals surface area contributed by atoms with E-state index in [9.17, 15) is 4.79 Å².